The van der Waals surface area contributed by atoms with E-state index >= 15 is 0 Å². The molecule has 3 aromatic rings. The van der Waals surface area contributed by atoms with E-state index in [4.69, 9.17) is 10.5 Å². The van der Waals surface area contributed by atoms with Gasteiger partial charge >= 0.3 is 0 Å². The van der Waals surface area contributed by atoms with Gasteiger partial charge < -0.3 is 10.5 Å². The molecule has 0 saturated heterocycles. The van der Waals surface area contributed by atoms with Gasteiger partial charge in [-0.3, -0.25) is 0 Å². The number of benzene rings is 1. The van der Waals surface area contributed by atoms with Crippen molar-refractivity contribution >= 4 is 32.7 Å². The van der Waals surface area contributed by atoms with Gasteiger partial charge in [0.05, 0.1) is 17.8 Å². The summed E-state index contributed by atoms with van der Waals surface area (Å²) in [5.74, 6) is 0.883. The number of aromatic nitrogens is 3. The molecule has 0 saturated carbocycles. The van der Waals surface area contributed by atoms with Crippen LogP contribution < -0.4 is 5.73 Å². The van der Waals surface area contributed by atoms with Crippen molar-refractivity contribution in [1.82, 2.24) is 15.0 Å². The summed E-state index contributed by atoms with van der Waals surface area (Å²) < 4.78 is 5.93. The summed E-state index contributed by atoms with van der Waals surface area (Å²) in [7, 11) is 1.61. The predicted molar refractivity (Wildman–Crippen MR) is 85.6 cm³/mol. The van der Waals surface area contributed by atoms with Crippen molar-refractivity contribution < 1.29 is 4.74 Å². The van der Waals surface area contributed by atoms with Crippen molar-refractivity contribution in [2.75, 3.05) is 12.8 Å². The first-order valence-electron chi connectivity index (χ1n) is 6.35. The van der Waals surface area contributed by atoms with Gasteiger partial charge in [0.2, 0.25) is 0 Å². The average Bonchev–Trinajstić information content (AvgIpc) is 2.46. The molecule has 1 aromatic carbocycles. The monoisotopic (exact) mass is 344 g/mol. The normalized spacial score (nSPS) is 11.0. The van der Waals surface area contributed by atoms with E-state index in [0.29, 0.717) is 23.9 Å². The summed E-state index contributed by atoms with van der Waals surface area (Å²) >= 11 is 3.53. The third kappa shape index (κ3) is 2.86. The predicted octanol–water partition coefficient (Wildman–Crippen LogP) is 3.18. The Morgan fingerprint density at radius 3 is 2.76 bits per heavy atom. The Bertz CT molecular complexity index is 807. The van der Waals surface area contributed by atoms with Crippen LogP contribution in [0, 0.1) is 0 Å². The van der Waals surface area contributed by atoms with Gasteiger partial charge in [-0.2, -0.15) is 0 Å². The molecule has 0 spiro atoms. The number of ether oxygens (including phenoxy) is 1. The Morgan fingerprint density at radius 2 is 1.95 bits per heavy atom. The molecule has 3 rings (SSSR count). The quantitative estimate of drug-likeness (QED) is 0.789. The van der Waals surface area contributed by atoms with Gasteiger partial charge in [0.15, 0.2) is 5.82 Å². The second kappa shape index (κ2) is 5.75. The molecule has 0 aliphatic carbocycles. The minimum absolute atomic E-state index is 0.380. The van der Waals surface area contributed by atoms with Crippen molar-refractivity contribution in [3.63, 3.8) is 0 Å². The number of halogens is 1. The van der Waals surface area contributed by atoms with E-state index < -0.39 is 0 Å². The topological polar surface area (TPSA) is 73.9 Å². The molecule has 6 heteroatoms. The fraction of sp³-hybridized carbons (Fsp3) is 0.133. The van der Waals surface area contributed by atoms with Gasteiger partial charge in [0.1, 0.15) is 11.5 Å². The lowest BCUT2D eigenvalue weighted by Gasteiger charge is -2.08. The van der Waals surface area contributed by atoms with Crippen LogP contribution >= 0.6 is 15.9 Å². The Balaban J connectivity index is 2.17. The van der Waals surface area contributed by atoms with E-state index in [9.17, 15) is 0 Å². The maximum atomic E-state index is 5.84. The summed E-state index contributed by atoms with van der Waals surface area (Å²) in [6.07, 6.45) is 0. The van der Waals surface area contributed by atoms with Crippen molar-refractivity contribution in [3.05, 3.63) is 46.6 Å². The molecule has 2 N–H and O–H groups in total. The second-order valence-corrected chi connectivity index (χ2v) is 5.41. The first-order valence-corrected chi connectivity index (χ1v) is 7.14. The smallest absolute Gasteiger partial charge is 0.181 e. The Morgan fingerprint density at radius 1 is 1.14 bits per heavy atom. The van der Waals surface area contributed by atoms with Crippen molar-refractivity contribution in [1.29, 1.82) is 0 Å². The van der Waals surface area contributed by atoms with Crippen LogP contribution in [0.5, 0.6) is 0 Å². The van der Waals surface area contributed by atoms with Gasteiger partial charge in [-0.25, -0.2) is 15.0 Å². The Labute approximate surface area is 130 Å². The number of para-hydroxylation sites is 1. The molecule has 2 heterocycles. The average molecular weight is 345 g/mol. The van der Waals surface area contributed by atoms with Gasteiger partial charge in [-0.15, -0.1) is 0 Å². The first kappa shape index (κ1) is 13.9. The Kier molecular flexibility index (Phi) is 3.81. The van der Waals surface area contributed by atoms with Crippen LogP contribution in [-0.2, 0) is 11.3 Å². The summed E-state index contributed by atoms with van der Waals surface area (Å²) in [4.78, 5) is 13.3. The fourth-order valence-electron chi connectivity index (χ4n) is 2.09. The van der Waals surface area contributed by atoms with E-state index in [-0.39, 0.29) is 0 Å². The highest BCUT2D eigenvalue weighted by Gasteiger charge is 2.12. The highest BCUT2D eigenvalue weighted by molar-refractivity contribution is 9.10. The third-order valence-electron chi connectivity index (χ3n) is 2.98. The number of hydrogen-bond acceptors (Lipinski definition) is 5. The van der Waals surface area contributed by atoms with E-state index in [1.54, 1.807) is 13.2 Å². The summed E-state index contributed by atoms with van der Waals surface area (Å²) in [5, 5.41) is 1.05. The molecular weight excluding hydrogens is 332 g/mol. The van der Waals surface area contributed by atoms with Gasteiger partial charge in [-0.05, 0) is 28.1 Å². The molecular formula is C15H13BrN4O. The lowest BCUT2D eigenvalue weighted by Crippen LogP contribution is -2.02. The molecule has 0 amide bonds. The number of anilines is 1. The van der Waals surface area contributed by atoms with Crippen molar-refractivity contribution in [2.24, 2.45) is 0 Å². The van der Waals surface area contributed by atoms with Crippen LogP contribution in [0.1, 0.15) is 5.69 Å². The molecule has 21 heavy (non-hydrogen) atoms. The maximum absolute atomic E-state index is 5.84. The zero-order valence-electron chi connectivity index (χ0n) is 11.4. The highest BCUT2D eigenvalue weighted by Crippen LogP contribution is 2.28. The molecule has 0 unspecified atom stereocenters. The van der Waals surface area contributed by atoms with Crippen LogP contribution in [0.3, 0.4) is 0 Å². The van der Waals surface area contributed by atoms with Crippen LogP contribution in [-0.4, -0.2) is 22.1 Å². The minimum atomic E-state index is 0.380. The number of methoxy groups -OCH3 is 1. The maximum Gasteiger partial charge on any atom is 0.181 e. The van der Waals surface area contributed by atoms with E-state index in [1.807, 2.05) is 30.3 Å². The molecule has 0 atom stereocenters. The van der Waals surface area contributed by atoms with Crippen LogP contribution in [0.25, 0.3) is 22.4 Å². The van der Waals surface area contributed by atoms with Gasteiger partial charge in [-0.1, -0.05) is 18.2 Å². The lowest BCUT2D eigenvalue weighted by molar-refractivity contribution is 0.181. The minimum Gasteiger partial charge on any atom is -0.384 e. The SMILES string of the molecule is COCc1cc(N)nc(-c2nc3ccccc3cc2Br)n1. The van der Waals surface area contributed by atoms with E-state index in [2.05, 4.69) is 30.9 Å². The molecule has 0 radical (unpaired) electrons. The Hall–Kier alpha value is -2.05. The summed E-state index contributed by atoms with van der Waals surface area (Å²) in [6, 6.07) is 11.6. The largest absolute Gasteiger partial charge is 0.384 e. The standard InChI is InChI=1S/C15H13BrN4O/c1-21-8-10-7-13(17)20-15(18-10)14-11(16)6-9-4-2-3-5-12(9)19-14/h2-7H,8H2,1H3,(H2,17,18,20). The van der Waals surface area contributed by atoms with Crippen LogP contribution in [0.4, 0.5) is 5.82 Å². The summed E-state index contributed by atoms with van der Waals surface area (Å²) in [5.41, 5.74) is 8.11. The second-order valence-electron chi connectivity index (χ2n) is 4.55. The highest BCUT2D eigenvalue weighted by atomic mass is 79.9. The molecule has 2 aromatic heterocycles. The number of pyridine rings is 1. The van der Waals surface area contributed by atoms with Gasteiger partial charge in [0, 0.05) is 23.0 Å². The molecule has 0 fully saturated rings. The van der Waals surface area contributed by atoms with E-state index in [1.165, 1.54) is 0 Å². The fourth-order valence-corrected chi connectivity index (χ4v) is 2.61. The number of rotatable bonds is 3. The van der Waals surface area contributed by atoms with Crippen LogP contribution in [0.15, 0.2) is 40.9 Å². The molecule has 5 nitrogen and oxygen atoms in total. The zero-order valence-corrected chi connectivity index (χ0v) is 13.0. The number of fused-ring (bicyclic) bond motifs is 1. The van der Waals surface area contributed by atoms with Crippen LogP contribution in [0.2, 0.25) is 0 Å². The molecule has 0 bridgehead atoms. The van der Waals surface area contributed by atoms with Gasteiger partial charge in [0.25, 0.3) is 0 Å². The molecule has 106 valence electrons. The third-order valence-corrected chi connectivity index (χ3v) is 3.58. The number of hydrogen-bond donors (Lipinski definition) is 1. The first-order chi connectivity index (χ1) is 10.2. The number of nitrogens with zero attached hydrogens (tertiary/aromatic N) is 3. The van der Waals surface area contributed by atoms with E-state index in [0.717, 1.165) is 21.1 Å². The lowest BCUT2D eigenvalue weighted by atomic mass is 10.2. The molecule has 0 aliphatic heterocycles. The van der Waals surface area contributed by atoms with Crippen molar-refractivity contribution in [3.8, 4) is 11.5 Å². The van der Waals surface area contributed by atoms with Crippen molar-refractivity contribution in [2.45, 2.75) is 6.61 Å². The number of nitrogen functional groups attached to an aromatic ring is 1. The number of nitrogens with two attached hydrogens (primary N) is 1. The zero-order chi connectivity index (χ0) is 14.8. The molecule has 0 aliphatic rings. The summed E-state index contributed by atoms with van der Waals surface area (Å²) in [6.45, 7) is 0.380.